The molecule has 1 aromatic carbocycles. The zero-order valence-electron chi connectivity index (χ0n) is 10.9. The first-order valence-corrected chi connectivity index (χ1v) is 5.49. The zero-order valence-corrected chi connectivity index (χ0v) is 10.9. The maximum Gasteiger partial charge on any atom is 0.169 e. The Labute approximate surface area is 116 Å². The van der Waals surface area contributed by atoms with Gasteiger partial charge in [0.2, 0.25) is 0 Å². The van der Waals surface area contributed by atoms with Crippen LogP contribution in [0.4, 0.5) is 30.7 Å². The van der Waals surface area contributed by atoms with Crippen molar-refractivity contribution in [1.29, 1.82) is 0 Å². The minimum Gasteiger partial charge on any atom is -0.251 e. The summed E-state index contributed by atoms with van der Waals surface area (Å²) in [6, 6.07) is -0.0446. The summed E-state index contributed by atoms with van der Waals surface area (Å²) in [5.41, 5.74) is -2.44. The molecular weight excluding hydrogens is 301 g/mol. The lowest BCUT2D eigenvalue weighted by atomic mass is 10.0. The molecule has 0 saturated carbocycles. The fraction of sp³-hybridized carbons (Fsp3) is 0.143. The minimum absolute atomic E-state index is 0.0446. The molecule has 0 bridgehead atoms. The van der Waals surface area contributed by atoms with Crippen LogP contribution in [0.3, 0.4) is 0 Å². The first kappa shape index (κ1) is 18.9. The van der Waals surface area contributed by atoms with Crippen LogP contribution in [0, 0.1) is 23.3 Å². The Morgan fingerprint density at radius 2 is 1.48 bits per heavy atom. The van der Waals surface area contributed by atoms with Crippen molar-refractivity contribution in [3.63, 3.8) is 0 Å². The van der Waals surface area contributed by atoms with Gasteiger partial charge in [-0.05, 0) is 6.92 Å². The van der Waals surface area contributed by atoms with Crippen molar-refractivity contribution < 1.29 is 30.7 Å². The molecule has 21 heavy (non-hydrogen) atoms. The zero-order chi connectivity index (χ0) is 16.7. The lowest BCUT2D eigenvalue weighted by molar-refractivity contribution is 0.449. The van der Waals surface area contributed by atoms with Crippen LogP contribution < -0.4 is 0 Å². The first-order chi connectivity index (χ1) is 9.72. The molecule has 0 amide bonds. The Morgan fingerprint density at radius 3 is 1.76 bits per heavy atom. The Bertz CT molecular complexity index is 547. The number of allylic oxidation sites excluding steroid dienone is 4. The third-order valence-electron chi connectivity index (χ3n) is 2.06. The van der Waals surface area contributed by atoms with Crippen molar-refractivity contribution >= 4 is 5.57 Å². The summed E-state index contributed by atoms with van der Waals surface area (Å²) >= 11 is 0. The Hall–Kier alpha value is -2.05. The van der Waals surface area contributed by atoms with E-state index in [0.717, 1.165) is 0 Å². The molecule has 0 N–H and O–H groups in total. The number of alkyl halides is 1. The number of benzene rings is 1. The van der Waals surface area contributed by atoms with Gasteiger partial charge >= 0.3 is 0 Å². The van der Waals surface area contributed by atoms with E-state index in [2.05, 4.69) is 13.2 Å². The van der Waals surface area contributed by atoms with E-state index < -0.39 is 46.1 Å². The van der Waals surface area contributed by atoms with E-state index in [9.17, 15) is 30.7 Å². The standard InChI is InChI=1S/C12H6F6.C2H5F/c1-3-6(10(16)5(2)13)9-11(17)7(14)4-8(15)12(9)18;1-2-3/h3-4H,1-2H2;2H2,1H3/b10-6-;. The van der Waals surface area contributed by atoms with Crippen LogP contribution in [0.25, 0.3) is 5.57 Å². The maximum absolute atomic E-state index is 13.3. The minimum atomic E-state index is -1.85. The average Bonchev–Trinajstić information content (AvgIpc) is 2.41. The van der Waals surface area contributed by atoms with Crippen LogP contribution in [0.15, 0.2) is 37.0 Å². The van der Waals surface area contributed by atoms with Gasteiger partial charge in [-0.15, -0.1) is 0 Å². The van der Waals surface area contributed by atoms with Crippen molar-refractivity contribution in [1.82, 2.24) is 0 Å². The molecule has 0 heterocycles. The number of hydrogen-bond acceptors (Lipinski definition) is 0. The van der Waals surface area contributed by atoms with Gasteiger partial charge in [-0.1, -0.05) is 19.2 Å². The summed E-state index contributed by atoms with van der Waals surface area (Å²) in [6.45, 7) is 6.78. The molecule has 0 spiro atoms. The summed E-state index contributed by atoms with van der Waals surface area (Å²) in [5.74, 6) is -10.6. The molecule has 0 aliphatic carbocycles. The van der Waals surface area contributed by atoms with E-state index in [1.807, 2.05) is 0 Å². The van der Waals surface area contributed by atoms with E-state index in [0.29, 0.717) is 6.08 Å². The highest BCUT2D eigenvalue weighted by Gasteiger charge is 2.24. The van der Waals surface area contributed by atoms with Crippen LogP contribution in [0.5, 0.6) is 0 Å². The summed E-state index contributed by atoms with van der Waals surface area (Å²) in [7, 11) is 0. The monoisotopic (exact) mass is 312 g/mol. The van der Waals surface area contributed by atoms with Gasteiger partial charge in [0, 0.05) is 11.6 Å². The summed E-state index contributed by atoms with van der Waals surface area (Å²) < 4.78 is 88.6. The molecule has 7 heteroatoms. The molecule has 0 saturated heterocycles. The quantitative estimate of drug-likeness (QED) is 0.389. The van der Waals surface area contributed by atoms with Crippen LogP contribution in [-0.4, -0.2) is 6.67 Å². The third-order valence-corrected chi connectivity index (χ3v) is 2.06. The van der Waals surface area contributed by atoms with Gasteiger partial charge in [0.05, 0.1) is 12.2 Å². The number of hydrogen-bond donors (Lipinski definition) is 0. The van der Waals surface area contributed by atoms with Gasteiger partial charge in [-0.25, -0.2) is 26.3 Å². The number of rotatable bonds is 3. The normalized spacial score (nSPS) is 11.2. The van der Waals surface area contributed by atoms with E-state index in [1.165, 1.54) is 6.92 Å². The van der Waals surface area contributed by atoms with Crippen LogP contribution in [-0.2, 0) is 0 Å². The fourth-order valence-electron chi connectivity index (χ4n) is 1.26. The topological polar surface area (TPSA) is 0 Å². The second-order valence-electron chi connectivity index (χ2n) is 3.45. The van der Waals surface area contributed by atoms with Gasteiger partial charge in [0.15, 0.2) is 34.9 Å². The van der Waals surface area contributed by atoms with Gasteiger partial charge in [0.1, 0.15) is 0 Å². The molecule has 0 radical (unpaired) electrons. The average molecular weight is 312 g/mol. The summed E-state index contributed by atoms with van der Waals surface area (Å²) in [4.78, 5) is 0. The molecule has 0 atom stereocenters. The summed E-state index contributed by atoms with van der Waals surface area (Å²) in [5, 5.41) is 0. The van der Waals surface area contributed by atoms with Crippen molar-refractivity contribution in [2.24, 2.45) is 0 Å². The van der Waals surface area contributed by atoms with E-state index in [-0.39, 0.29) is 12.7 Å². The predicted octanol–water partition coefficient (Wildman–Crippen LogP) is 5.57. The van der Waals surface area contributed by atoms with Gasteiger partial charge in [-0.3, -0.25) is 4.39 Å². The second kappa shape index (κ2) is 8.28. The highest BCUT2D eigenvalue weighted by atomic mass is 19.2. The van der Waals surface area contributed by atoms with Crippen molar-refractivity contribution in [3.05, 3.63) is 65.8 Å². The molecule has 0 aliphatic heterocycles. The third kappa shape index (κ3) is 4.47. The molecule has 0 unspecified atom stereocenters. The predicted molar refractivity (Wildman–Crippen MR) is 66.4 cm³/mol. The highest BCUT2D eigenvalue weighted by molar-refractivity contribution is 5.78. The SMILES string of the molecule is C=C/C(=C(/F)C(=C)F)c1c(F)c(F)cc(F)c1F.CCF. The molecule has 116 valence electrons. The van der Waals surface area contributed by atoms with Crippen LogP contribution >= 0.6 is 0 Å². The van der Waals surface area contributed by atoms with Crippen LogP contribution in [0.2, 0.25) is 0 Å². The summed E-state index contributed by atoms with van der Waals surface area (Å²) in [6.07, 6.45) is 0.528. The Morgan fingerprint density at radius 1 is 1.10 bits per heavy atom. The van der Waals surface area contributed by atoms with Gasteiger partial charge in [0.25, 0.3) is 0 Å². The molecular formula is C14H11F7. The Balaban J connectivity index is 0.00000122. The van der Waals surface area contributed by atoms with Crippen molar-refractivity contribution in [2.45, 2.75) is 6.92 Å². The van der Waals surface area contributed by atoms with Crippen LogP contribution in [0.1, 0.15) is 12.5 Å². The molecule has 1 rings (SSSR count). The van der Waals surface area contributed by atoms with Crippen molar-refractivity contribution in [3.8, 4) is 0 Å². The van der Waals surface area contributed by atoms with Gasteiger partial charge in [-0.2, -0.15) is 0 Å². The van der Waals surface area contributed by atoms with Gasteiger partial charge < -0.3 is 0 Å². The van der Waals surface area contributed by atoms with E-state index in [4.69, 9.17) is 0 Å². The van der Waals surface area contributed by atoms with E-state index >= 15 is 0 Å². The second-order valence-corrected chi connectivity index (χ2v) is 3.45. The first-order valence-electron chi connectivity index (χ1n) is 5.49. The Kier molecular flexibility index (Phi) is 7.48. The van der Waals surface area contributed by atoms with E-state index in [1.54, 1.807) is 0 Å². The fourth-order valence-corrected chi connectivity index (χ4v) is 1.26. The molecule has 0 nitrogen and oxygen atoms in total. The lowest BCUT2D eigenvalue weighted by Gasteiger charge is -2.08. The highest BCUT2D eigenvalue weighted by Crippen LogP contribution is 2.31. The largest absolute Gasteiger partial charge is 0.251 e. The lowest BCUT2D eigenvalue weighted by Crippen LogP contribution is -2.02. The molecule has 0 aromatic heterocycles. The molecule has 1 aromatic rings. The molecule has 0 aliphatic rings. The number of halogens is 7. The molecule has 0 fully saturated rings. The smallest absolute Gasteiger partial charge is 0.169 e. The van der Waals surface area contributed by atoms with Crippen molar-refractivity contribution in [2.75, 3.05) is 6.67 Å². The maximum atomic E-state index is 13.3.